The Labute approximate surface area is 122 Å². The smallest absolute Gasteiger partial charge is 0.134 e. The zero-order chi connectivity index (χ0) is 13.9. The first-order valence-electron chi connectivity index (χ1n) is 6.87. The highest BCUT2D eigenvalue weighted by molar-refractivity contribution is 7.09. The van der Waals surface area contributed by atoms with Gasteiger partial charge in [0.1, 0.15) is 11.3 Å². The van der Waals surface area contributed by atoms with Crippen molar-refractivity contribution in [2.45, 2.75) is 26.3 Å². The zero-order valence-corrected chi connectivity index (χ0v) is 12.5. The van der Waals surface area contributed by atoms with Gasteiger partial charge in [0.05, 0.1) is 11.6 Å². The van der Waals surface area contributed by atoms with E-state index in [1.54, 1.807) is 11.3 Å². The summed E-state index contributed by atoms with van der Waals surface area (Å²) in [5.41, 5.74) is 4.09. The molecule has 0 saturated carbocycles. The summed E-state index contributed by atoms with van der Waals surface area (Å²) in [5.74, 6) is 1.00. The molecule has 1 atom stereocenters. The first-order valence-corrected chi connectivity index (χ1v) is 7.75. The molecule has 0 aliphatic rings. The molecule has 104 valence electrons. The average molecular weight is 286 g/mol. The van der Waals surface area contributed by atoms with Crippen LogP contribution in [-0.2, 0) is 6.42 Å². The fraction of sp³-hybridized carbons (Fsp3) is 0.312. The lowest BCUT2D eigenvalue weighted by atomic mass is 10.1. The molecule has 0 spiro atoms. The van der Waals surface area contributed by atoms with Crippen LogP contribution in [0.1, 0.15) is 29.2 Å². The maximum Gasteiger partial charge on any atom is 0.134 e. The van der Waals surface area contributed by atoms with Gasteiger partial charge in [-0.05, 0) is 31.7 Å². The Morgan fingerprint density at radius 2 is 2.25 bits per heavy atom. The van der Waals surface area contributed by atoms with Crippen molar-refractivity contribution >= 4 is 22.3 Å². The van der Waals surface area contributed by atoms with Gasteiger partial charge in [-0.15, -0.1) is 11.3 Å². The van der Waals surface area contributed by atoms with Crippen molar-refractivity contribution in [1.29, 1.82) is 0 Å². The van der Waals surface area contributed by atoms with Crippen LogP contribution in [0.25, 0.3) is 11.0 Å². The van der Waals surface area contributed by atoms with Crippen LogP contribution in [0.3, 0.4) is 0 Å². The molecule has 1 aromatic carbocycles. The van der Waals surface area contributed by atoms with E-state index in [1.165, 1.54) is 15.8 Å². The van der Waals surface area contributed by atoms with Crippen molar-refractivity contribution in [1.82, 2.24) is 10.3 Å². The summed E-state index contributed by atoms with van der Waals surface area (Å²) in [6.07, 6.45) is 2.85. The molecule has 4 heteroatoms. The number of fused-ring (bicyclic) bond motifs is 1. The van der Waals surface area contributed by atoms with E-state index in [1.807, 2.05) is 17.8 Å². The molecule has 0 amide bonds. The minimum absolute atomic E-state index is 0.202. The van der Waals surface area contributed by atoms with E-state index in [0.717, 1.165) is 24.3 Å². The summed E-state index contributed by atoms with van der Waals surface area (Å²) in [4.78, 5) is 5.41. The normalized spacial score (nSPS) is 12.9. The minimum Gasteiger partial charge on any atom is -0.459 e. The van der Waals surface area contributed by atoms with Gasteiger partial charge in [-0.2, -0.15) is 0 Å². The molecule has 1 N–H and O–H groups in total. The molecule has 0 bridgehead atoms. The van der Waals surface area contributed by atoms with E-state index < -0.39 is 0 Å². The average Bonchev–Trinajstić information content (AvgIpc) is 3.06. The molecule has 0 fully saturated rings. The van der Waals surface area contributed by atoms with Crippen LogP contribution >= 0.6 is 11.3 Å². The summed E-state index contributed by atoms with van der Waals surface area (Å²) in [5, 5.41) is 4.67. The number of benzene rings is 1. The Kier molecular flexibility index (Phi) is 3.85. The quantitative estimate of drug-likeness (QED) is 0.767. The number of nitrogens with zero attached hydrogens (tertiary/aromatic N) is 1. The summed E-state index contributed by atoms with van der Waals surface area (Å²) in [6, 6.07) is 8.65. The number of hydrogen-bond acceptors (Lipinski definition) is 4. The fourth-order valence-electron chi connectivity index (χ4n) is 2.42. The van der Waals surface area contributed by atoms with Crippen molar-refractivity contribution < 1.29 is 4.42 Å². The molecule has 0 saturated heterocycles. The van der Waals surface area contributed by atoms with Crippen molar-refractivity contribution in [3.63, 3.8) is 0 Å². The molecule has 20 heavy (non-hydrogen) atoms. The van der Waals surface area contributed by atoms with Crippen LogP contribution in [0, 0.1) is 6.92 Å². The molecule has 0 aliphatic carbocycles. The van der Waals surface area contributed by atoms with E-state index in [9.17, 15) is 0 Å². The van der Waals surface area contributed by atoms with Crippen molar-refractivity contribution in [3.05, 3.63) is 52.2 Å². The third kappa shape index (κ3) is 2.76. The summed E-state index contributed by atoms with van der Waals surface area (Å²) in [6.45, 7) is 5.14. The van der Waals surface area contributed by atoms with Gasteiger partial charge in [-0.25, -0.2) is 0 Å². The SMILES string of the molecule is CCNC(Cc1cncs1)c1cc2cc(C)ccc2o1. The zero-order valence-electron chi connectivity index (χ0n) is 11.7. The second kappa shape index (κ2) is 5.77. The Morgan fingerprint density at radius 1 is 1.35 bits per heavy atom. The third-order valence-electron chi connectivity index (χ3n) is 3.37. The Hall–Kier alpha value is -1.65. The van der Waals surface area contributed by atoms with E-state index >= 15 is 0 Å². The second-order valence-corrected chi connectivity index (χ2v) is 5.94. The standard InChI is InChI=1S/C16H18N2OS/c1-3-18-14(8-13-9-17-10-20-13)16-7-12-6-11(2)4-5-15(12)19-16/h4-7,9-10,14,18H,3,8H2,1-2H3. The number of aromatic nitrogens is 1. The molecule has 1 unspecified atom stereocenters. The van der Waals surface area contributed by atoms with Gasteiger partial charge in [0.15, 0.2) is 0 Å². The Morgan fingerprint density at radius 3 is 3.00 bits per heavy atom. The third-order valence-corrected chi connectivity index (χ3v) is 4.18. The molecule has 3 rings (SSSR count). The van der Waals surface area contributed by atoms with E-state index in [0.29, 0.717) is 0 Å². The number of likely N-dealkylation sites (N-methyl/N-ethyl adjacent to an activating group) is 1. The summed E-state index contributed by atoms with van der Waals surface area (Å²) in [7, 11) is 0. The predicted octanol–water partition coefficient (Wildman–Crippen LogP) is 4.09. The van der Waals surface area contributed by atoms with Crippen LogP contribution in [0.2, 0.25) is 0 Å². The molecule has 3 aromatic rings. The van der Waals surface area contributed by atoms with Crippen LogP contribution in [0.15, 0.2) is 40.4 Å². The van der Waals surface area contributed by atoms with E-state index in [4.69, 9.17) is 4.42 Å². The molecular formula is C16H18N2OS. The summed E-state index contributed by atoms with van der Waals surface area (Å²) >= 11 is 1.69. The molecule has 2 heterocycles. The second-order valence-electron chi connectivity index (χ2n) is 4.97. The fourth-order valence-corrected chi connectivity index (χ4v) is 3.06. The van der Waals surface area contributed by atoms with E-state index in [-0.39, 0.29) is 6.04 Å². The number of rotatable bonds is 5. The summed E-state index contributed by atoms with van der Waals surface area (Å²) < 4.78 is 6.01. The molecular weight excluding hydrogens is 268 g/mol. The van der Waals surface area contributed by atoms with Gasteiger partial charge >= 0.3 is 0 Å². The largest absolute Gasteiger partial charge is 0.459 e. The van der Waals surface area contributed by atoms with Gasteiger partial charge in [-0.3, -0.25) is 4.98 Å². The van der Waals surface area contributed by atoms with Crippen molar-refractivity contribution in [2.24, 2.45) is 0 Å². The predicted molar refractivity (Wildman–Crippen MR) is 83.2 cm³/mol. The van der Waals surface area contributed by atoms with Crippen LogP contribution in [0.4, 0.5) is 0 Å². The van der Waals surface area contributed by atoms with Crippen LogP contribution in [-0.4, -0.2) is 11.5 Å². The molecule has 3 nitrogen and oxygen atoms in total. The van der Waals surface area contributed by atoms with Crippen molar-refractivity contribution in [2.75, 3.05) is 6.54 Å². The lowest BCUT2D eigenvalue weighted by Gasteiger charge is -2.13. The number of aryl methyl sites for hydroxylation is 1. The van der Waals surface area contributed by atoms with Gasteiger partial charge < -0.3 is 9.73 Å². The Balaban J connectivity index is 1.92. The van der Waals surface area contributed by atoms with Gasteiger partial charge in [0.2, 0.25) is 0 Å². The first kappa shape index (κ1) is 13.3. The van der Waals surface area contributed by atoms with Gasteiger partial charge in [0, 0.05) is 22.9 Å². The number of hydrogen-bond donors (Lipinski definition) is 1. The van der Waals surface area contributed by atoms with Crippen LogP contribution in [0.5, 0.6) is 0 Å². The molecule has 0 aliphatic heterocycles. The Bertz CT molecular complexity index is 688. The maximum atomic E-state index is 6.01. The highest BCUT2D eigenvalue weighted by Crippen LogP contribution is 2.27. The van der Waals surface area contributed by atoms with Gasteiger partial charge in [0.25, 0.3) is 0 Å². The highest BCUT2D eigenvalue weighted by atomic mass is 32.1. The monoisotopic (exact) mass is 286 g/mol. The van der Waals surface area contributed by atoms with E-state index in [2.05, 4.69) is 42.3 Å². The first-order chi connectivity index (χ1) is 9.76. The lowest BCUT2D eigenvalue weighted by Crippen LogP contribution is -2.22. The number of thiazole rings is 1. The van der Waals surface area contributed by atoms with Crippen molar-refractivity contribution in [3.8, 4) is 0 Å². The van der Waals surface area contributed by atoms with Gasteiger partial charge in [-0.1, -0.05) is 18.6 Å². The molecule has 0 radical (unpaired) electrons. The lowest BCUT2D eigenvalue weighted by molar-refractivity contribution is 0.436. The highest BCUT2D eigenvalue weighted by Gasteiger charge is 2.16. The number of nitrogens with one attached hydrogen (secondary N) is 1. The molecule has 2 aromatic heterocycles. The maximum absolute atomic E-state index is 6.01. The topological polar surface area (TPSA) is 38.1 Å². The minimum atomic E-state index is 0.202. The number of furan rings is 1. The van der Waals surface area contributed by atoms with Crippen LogP contribution < -0.4 is 5.32 Å².